The van der Waals surface area contributed by atoms with E-state index in [0.717, 1.165) is 16.8 Å². The van der Waals surface area contributed by atoms with Crippen LogP contribution in [0.4, 0.5) is 0 Å². The number of hydrogen-bond donors (Lipinski definition) is 1. The Morgan fingerprint density at radius 3 is 2.59 bits per heavy atom. The third-order valence-electron chi connectivity index (χ3n) is 2.90. The summed E-state index contributed by atoms with van der Waals surface area (Å²) in [7, 11) is 1.86. The molecule has 3 nitrogen and oxygen atoms in total. The lowest BCUT2D eigenvalue weighted by Gasteiger charge is -2.14. The second kappa shape index (κ2) is 4.45. The fraction of sp³-hybridized carbons (Fsp3) is 0.214. The van der Waals surface area contributed by atoms with Crippen molar-refractivity contribution in [3.8, 4) is 0 Å². The minimum atomic E-state index is -0.822. The van der Waals surface area contributed by atoms with E-state index < -0.39 is 11.9 Å². The van der Waals surface area contributed by atoms with Crippen molar-refractivity contribution in [2.24, 2.45) is 7.05 Å². The zero-order valence-corrected chi connectivity index (χ0v) is 9.92. The van der Waals surface area contributed by atoms with E-state index in [1.54, 1.807) is 0 Å². The molecular weight excluding hydrogens is 214 g/mol. The smallest absolute Gasteiger partial charge is 0.317 e. The number of aromatic nitrogens is 1. The maximum atomic E-state index is 11.4. The molecular formula is C14H15NO2. The summed E-state index contributed by atoms with van der Waals surface area (Å²) < 4.78 is 1.85. The molecule has 1 aromatic carbocycles. The van der Waals surface area contributed by atoms with Gasteiger partial charge < -0.3 is 9.67 Å². The van der Waals surface area contributed by atoms with Crippen LogP contribution in [0.2, 0.25) is 0 Å². The maximum Gasteiger partial charge on any atom is 0.317 e. The molecule has 1 heterocycles. The zero-order valence-electron chi connectivity index (χ0n) is 9.92. The van der Waals surface area contributed by atoms with Gasteiger partial charge in [0.25, 0.3) is 0 Å². The number of aryl methyl sites for hydroxylation is 2. The molecule has 2 rings (SSSR count). The molecule has 0 spiro atoms. The van der Waals surface area contributed by atoms with Crippen LogP contribution in [-0.4, -0.2) is 15.6 Å². The van der Waals surface area contributed by atoms with Crippen LogP contribution in [0.15, 0.2) is 42.6 Å². The molecule has 1 aromatic heterocycles. The summed E-state index contributed by atoms with van der Waals surface area (Å²) in [4.78, 5) is 11.4. The van der Waals surface area contributed by atoms with Gasteiger partial charge in [0.05, 0.1) is 0 Å². The Morgan fingerprint density at radius 1 is 1.29 bits per heavy atom. The van der Waals surface area contributed by atoms with Gasteiger partial charge in [-0.15, -0.1) is 0 Å². The standard InChI is InChI=1S/C14H15NO2/c1-10-5-3-6-11(9-10)13(14(16)17)12-7-4-8-15(12)2/h3-9,13H,1-2H3,(H,16,17). The van der Waals surface area contributed by atoms with Crippen LogP contribution in [0.1, 0.15) is 22.7 Å². The Morgan fingerprint density at radius 2 is 2.06 bits per heavy atom. The molecule has 0 fully saturated rings. The van der Waals surface area contributed by atoms with Gasteiger partial charge in [0, 0.05) is 18.9 Å². The van der Waals surface area contributed by atoms with Crippen LogP contribution in [-0.2, 0) is 11.8 Å². The average molecular weight is 229 g/mol. The summed E-state index contributed by atoms with van der Waals surface area (Å²) in [5, 5.41) is 9.40. The first kappa shape index (κ1) is 11.5. The van der Waals surface area contributed by atoms with Crippen molar-refractivity contribution in [1.82, 2.24) is 4.57 Å². The Hall–Kier alpha value is -2.03. The molecule has 88 valence electrons. The Bertz CT molecular complexity index is 543. The van der Waals surface area contributed by atoms with Crippen molar-refractivity contribution in [2.75, 3.05) is 0 Å². The predicted molar refractivity (Wildman–Crippen MR) is 66.1 cm³/mol. The number of aliphatic carboxylic acids is 1. The van der Waals surface area contributed by atoms with E-state index in [1.165, 1.54) is 0 Å². The molecule has 1 unspecified atom stereocenters. The highest BCUT2D eigenvalue weighted by Crippen LogP contribution is 2.25. The molecule has 2 aromatic rings. The minimum absolute atomic E-state index is 0.602. The molecule has 0 aliphatic rings. The molecule has 17 heavy (non-hydrogen) atoms. The third-order valence-corrected chi connectivity index (χ3v) is 2.90. The predicted octanol–water partition coefficient (Wildman–Crippen LogP) is 2.55. The first-order valence-corrected chi connectivity index (χ1v) is 5.50. The molecule has 0 saturated heterocycles. The van der Waals surface area contributed by atoms with Crippen molar-refractivity contribution in [3.05, 3.63) is 59.4 Å². The van der Waals surface area contributed by atoms with Gasteiger partial charge in [-0.1, -0.05) is 29.8 Å². The van der Waals surface area contributed by atoms with Crippen LogP contribution in [0, 0.1) is 6.92 Å². The van der Waals surface area contributed by atoms with Crippen molar-refractivity contribution in [3.63, 3.8) is 0 Å². The highest BCUT2D eigenvalue weighted by atomic mass is 16.4. The topological polar surface area (TPSA) is 42.2 Å². The summed E-state index contributed by atoms with van der Waals surface area (Å²) in [6, 6.07) is 11.4. The van der Waals surface area contributed by atoms with Gasteiger partial charge in [0.15, 0.2) is 0 Å². The first-order valence-electron chi connectivity index (χ1n) is 5.50. The Kier molecular flexibility index (Phi) is 3.00. The molecule has 0 aliphatic heterocycles. The van der Waals surface area contributed by atoms with Gasteiger partial charge in [-0.05, 0) is 24.6 Å². The molecule has 1 atom stereocenters. The Balaban J connectivity index is 2.50. The van der Waals surface area contributed by atoms with E-state index >= 15 is 0 Å². The normalized spacial score (nSPS) is 12.4. The maximum absolute atomic E-state index is 11.4. The zero-order chi connectivity index (χ0) is 12.4. The number of rotatable bonds is 3. The van der Waals surface area contributed by atoms with Crippen LogP contribution >= 0.6 is 0 Å². The van der Waals surface area contributed by atoms with E-state index in [1.807, 2.05) is 61.1 Å². The van der Waals surface area contributed by atoms with Crippen molar-refractivity contribution >= 4 is 5.97 Å². The van der Waals surface area contributed by atoms with Crippen LogP contribution in [0.25, 0.3) is 0 Å². The van der Waals surface area contributed by atoms with Gasteiger partial charge in [-0.25, -0.2) is 0 Å². The number of carbonyl (C=O) groups is 1. The van der Waals surface area contributed by atoms with E-state index in [9.17, 15) is 9.90 Å². The largest absolute Gasteiger partial charge is 0.480 e. The molecule has 0 bridgehead atoms. The fourth-order valence-corrected chi connectivity index (χ4v) is 2.06. The van der Waals surface area contributed by atoms with Crippen molar-refractivity contribution < 1.29 is 9.90 Å². The summed E-state index contributed by atoms with van der Waals surface area (Å²) in [5.41, 5.74) is 2.69. The number of hydrogen-bond acceptors (Lipinski definition) is 1. The number of nitrogens with zero attached hydrogens (tertiary/aromatic N) is 1. The summed E-state index contributed by atoms with van der Waals surface area (Å²) in [6.07, 6.45) is 1.86. The van der Waals surface area contributed by atoms with E-state index in [2.05, 4.69) is 0 Å². The average Bonchev–Trinajstić information content (AvgIpc) is 2.65. The second-order valence-corrected chi connectivity index (χ2v) is 4.23. The van der Waals surface area contributed by atoms with Crippen LogP contribution < -0.4 is 0 Å². The molecule has 0 aliphatic carbocycles. The minimum Gasteiger partial charge on any atom is -0.480 e. The van der Waals surface area contributed by atoms with E-state index in [-0.39, 0.29) is 0 Å². The van der Waals surface area contributed by atoms with E-state index in [0.29, 0.717) is 0 Å². The number of carboxylic acids is 1. The number of carboxylic acid groups (broad SMARTS) is 1. The highest BCUT2D eigenvalue weighted by Gasteiger charge is 2.24. The van der Waals surface area contributed by atoms with Crippen LogP contribution in [0.3, 0.4) is 0 Å². The number of benzene rings is 1. The highest BCUT2D eigenvalue weighted by molar-refractivity contribution is 5.79. The first-order chi connectivity index (χ1) is 8.09. The van der Waals surface area contributed by atoms with E-state index in [4.69, 9.17) is 0 Å². The lowest BCUT2D eigenvalue weighted by Crippen LogP contribution is -2.16. The van der Waals surface area contributed by atoms with Crippen molar-refractivity contribution in [2.45, 2.75) is 12.8 Å². The lowest BCUT2D eigenvalue weighted by atomic mass is 9.94. The molecule has 0 radical (unpaired) electrons. The van der Waals surface area contributed by atoms with Crippen molar-refractivity contribution in [1.29, 1.82) is 0 Å². The summed E-state index contributed by atoms with van der Waals surface area (Å²) in [5.74, 6) is -1.42. The quantitative estimate of drug-likeness (QED) is 0.878. The summed E-state index contributed by atoms with van der Waals surface area (Å²) >= 11 is 0. The third kappa shape index (κ3) is 2.23. The van der Waals surface area contributed by atoms with Gasteiger partial charge in [0.1, 0.15) is 5.92 Å². The summed E-state index contributed by atoms with van der Waals surface area (Å²) in [6.45, 7) is 1.97. The van der Waals surface area contributed by atoms with Gasteiger partial charge in [0.2, 0.25) is 0 Å². The molecule has 3 heteroatoms. The fourth-order valence-electron chi connectivity index (χ4n) is 2.06. The van der Waals surface area contributed by atoms with Gasteiger partial charge >= 0.3 is 5.97 Å². The molecule has 0 amide bonds. The lowest BCUT2D eigenvalue weighted by molar-refractivity contribution is -0.137. The molecule has 0 saturated carbocycles. The van der Waals surface area contributed by atoms with Crippen LogP contribution in [0.5, 0.6) is 0 Å². The monoisotopic (exact) mass is 229 g/mol. The SMILES string of the molecule is Cc1cccc(C(C(=O)O)c2cccn2C)c1. The Labute approximate surface area is 100 Å². The molecule has 1 N–H and O–H groups in total. The second-order valence-electron chi connectivity index (χ2n) is 4.23. The van der Waals surface area contributed by atoms with Gasteiger partial charge in [-0.3, -0.25) is 4.79 Å². The van der Waals surface area contributed by atoms with Gasteiger partial charge in [-0.2, -0.15) is 0 Å².